The SMILES string of the molecule is Cc1ccccc1CN(Cc1cccnc1)C(=O)CS(=O)(=O)Nc1ccc(N2CCCCC2)cc1. The first kappa shape index (κ1) is 24.7. The molecule has 0 unspecified atom stereocenters. The third kappa shape index (κ3) is 7.05. The molecule has 0 aliphatic carbocycles. The van der Waals surface area contributed by atoms with Crippen LogP contribution in [0, 0.1) is 6.92 Å². The van der Waals surface area contributed by atoms with Crippen LogP contribution in [0.3, 0.4) is 0 Å². The van der Waals surface area contributed by atoms with Crippen LogP contribution < -0.4 is 9.62 Å². The molecule has 0 atom stereocenters. The monoisotopic (exact) mass is 492 g/mol. The number of hydrogen-bond acceptors (Lipinski definition) is 5. The first-order valence-corrected chi connectivity index (χ1v) is 13.6. The second kappa shape index (κ2) is 11.4. The second-order valence-electron chi connectivity index (χ2n) is 8.99. The van der Waals surface area contributed by atoms with Crippen molar-refractivity contribution in [3.05, 3.63) is 89.7 Å². The number of carbonyl (C=O) groups is 1. The summed E-state index contributed by atoms with van der Waals surface area (Å²) in [4.78, 5) is 21.2. The van der Waals surface area contributed by atoms with E-state index in [-0.39, 0.29) is 6.54 Å². The molecule has 2 heterocycles. The summed E-state index contributed by atoms with van der Waals surface area (Å²) in [5.74, 6) is -1.10. The molecule has 1 fully saturated rings. The number of nitrogens with zero attached hydrogens (tertiary/aromatic N) is 3. The number of aryl methyl sites for hydroxylation is 1. The van der Waals surface area contributed by atoms with E-state index < -0.39 is 21.7 Å². The summed E-state index contributed by atoms with van der Waals surface area (Å²) in [7, 11) is -3.88. The topological polar surface area (TPSA) is 82.6 Å². The maximum atomic E-state index is 13.2. The minimum Gasteiger partial charge on any atom is -0.372 e. The van der Waals surface area contributed by atoms with Gasteiger partial charge in [0, 0.05) is 49.9 Å². The van der Waals surface area contributed by atoms with Gasteiger partial charge in [-0.25, -0.2) is 8.42 Å². The summed E-state index contributed by atoms with van der Waals surface area (Å²) in [6.45, 7) is 4.62. The van der Waals surface area contributed by atoms with Crippen molar-refractivity contribution in [2.45, 2.75) is 39.3 Å². The number of sulfonamides is 1. The van der Waals surface area contributed by atoms with E-state index in [0.29, 0.717) is 12.2 Å². The first-order valence-electron chi connectivity index (χ1n) is 12.0. The number of nitrogens with one attached hydrogen (secondary N) is 1. The van der Waals surface area contributed by atoms with Crippen molar-refractivity contribution in [3.63, 3.8) is 0 Å². The van der Waals surface area contributed by atoms with Crippen molar-refractivity contribution in [3.8, 4) is 0 Å². The molecule has 1 aromatic heterocycles. The summed E-state index contributed by atoms with van der Waals surface area (Å²) in [5, 5.41) is 0. The number of piperidine rings is 1. The lowest BCUT2D eigenvalue weighted by atomic mass is 10.1. The highest BCUT2D eigenvalue weighted by Gasteiger charge is 2.23. The molecule has 2 aromatic carbocycles. The number of pyridine rings is 1. The molecule has 0 saturated carbocycles. The minimum atomic E-state index is -3.88. The second-order valence-corrected chi connectivity index (χ2v) is 10.7. The molecule has 0 bridgehead atoms. The average Bonchev–Trinajstić information content (AvgIpc) is 2.86. The van der Waals surface area contributed by atoms with E-state index in [1.807, 2.05) is 49.4 Å². The molecular weight excluding hydrogens is 460 g/mol. The third-order valence-corrected chi connectivity index (χ3v) is 7.42. The first-order chi connectivity index (χ1) is 16.9. The van der Waals surface area contributed by atoms with Crippen molar-refractivity contribution in [2.24, 2.45) is 0 Å². The molecule has 0 radical (unpaired) electrons. The lowest BCUT2D eigenvalue weighted by molar-refractivity contribution is -0.129. The summed E-state index contributed by atoms with van der Waals surface area (Å²) in [6, 6.07) is 18.8. The molecule has 1 aliphatic heterocycles. The summed E-state index contributed by atoms with van der Waals surface area (Å²) < 4.78 is 28.4. The zero-order valence-electron chi connectivity index (χ0n) is 20.1. The minimum absolute atomic E-state index is 0.279. The van der Waals surface area contributed by atoms with Gasteiger partial charge < -0.3 is 9.80 Å². The van der Waals surface area contributed by atoms with Gasteiger partial charge >= 0.3 is 0 Å². The van der Waals surface area contributed by atoms with Crippen molar-refractivity contribution in [2.75, 3.05) is 28.5 Å². The standard InChI is InChI=1S/C27H32N4O3S/c1-22-8-3-4-10-24(22)20-31(19-23-9-7-15-28-18-23)27(32)21-35(33,34)29-25-11-13-26(14-12-25)30-16-5-2-6-17-30/h3-4,7-15,18,29H,2,5-6,16-17,19-21H2,1H3. The van der Waals surface area contributed by atoms with E-state index in [4.69, 9.17) is 0 Å². The van der Waals surface area contributed by atoms with Crippen LogP contribution >= 0.6 is 0 Å². The maximum Gasteiger partial charge on any atom is 0.241 e. The molecule has 1 N–H and O–H groups in total. The van der Waals surface area contributed by atoms with Gasteiger partial charge in [-0.3, -0.25) is 14.5 Å². The molecule has 4 rings (SSSR count). The maximum absolute atomic E-state index is 13.2. The van der Waals surface area contributed by atoms with Gasteiger partial charge in [-0.1, -0.05) is 30.3 Å². The van der Waals surface area contributed by atoms with Crippen LogP contribution in [0.4, 0.5) is 11.4 Å². The van der Waals surface area contributed by atoms with E-state index in [0.717, 1.165) is 35.5 Å². The molecule has 1 aliphatic rings. The van der Waals surface area contributed by atoms with E-state index in [1.54, 1.807) is 35.5 Å². The number of anilines is 2. The fourth-order valence-corrected chi connectivity index (χ4v) is 5.37. The van der Waals surface area contributed by atoms with Gasteiger partial charge in [-0.2, -0.15) is 0 Å². The van der Waals surface area contributed by atoms with E-state index in [2.05, 4.69) is 14.6 Å². The van der Waals surface area contributed by atoms with E-state index >= 15 is 0 Å². The van der Waals surface area contributed by atoms with Gasteiger partial charge in [0.2, 0.25) is 15.9 Å². The molecule has 0 spiro atoms. The summed E-state index contributed by atoms with van der Waals surface area (Å²) in [5.41, 5.74) is 4.41. The van der Waals surface area contributed by atoms with Crippen LogP contribution in [0.25, 0.3) is 0 Å². The fraction of sp³-hybridized carbons (Fsp3) is 0.333. The quantitative estimate of drug-likeness (QED) is 0.480. The van der Waals surface area contributed by atoms with Crippen LogP contribution in [-0.2, 0) is 27.9 Å². The lowest BCUT2D eigenvalue weighted by Crippen LogP contribution is -2.36. The van der Waals surface area contributed by atoms with Gasteiger partial charge in [0.1, 0.15) is 5.75 Å². The Hall–Kier alpha value is -3.39. The van der Waals surface area contributed by atoms with Crippen LogP contribution in [0.1, 0.15) is 36.0 Å². The predicted molar refractivity (Wildman–Crippen MR) is 140 cm³/mol. The Morgan fingerprint density at radius 3 is 2.40 bits per heavy atom. The van der Waals surface area contributed by atoms with E-state index in [9.17, 15) is 13.2 Å². The number of aromatic nitrogens is 1. The molecule has 7 nitrogen and oxygen atoms in total. The number of carbonyl (C=O) groups excluding carboxylic acids is 1. The summed E-state index contributed by atoms with van der Waals surface area (Å²) >= 11 is 0. The molecule has 184 valence electrons. The van der Waals surface area contributed by atoms with Crippen LogP contribution in [-0.4, -0.2) is 43.1 Å². The van der Waals surface area contributed by atoms with Gasteiger partial charge in [0.25, 0.3) is 0 Å². The zero-order valence-corrected chi connectivity index (χ0v) is 20.9. The van der Waals surface area contributed by atoms with Crippen molar-refractivity contribution in [1.82, 2.24) is 9.88 Å². The zero-order chi connectivity index (χ0) is 24.7. The third-order valence-electron chi connectivity index (χ3n) is 6.25. The highest BCUT2D eigenvalue weighted by molar-refractivity contribution is 7.93. The van der Waals surface area contributed by atoms with Crippen LogP contribution in [0.5, 0.6) is 0 Å². The fourth-order valence-electron chi connectivity index (χ4n) is 4.30. The Balaban J connectivity index is 1.45. The normalized spacial score (nSPS) is 13.9. The van der Waals surface area contributed by atoms with Gasteiger partial charge in [0.15, 0.2) is 0 Å². The van der Waals surface area contributed by atoms with Crippen molar-refractivity contribution >= 4 is 27.3 Å². The molecule has 3 aromatic rings. The number of hydrogen-bond donors (Lipinski definition) is 1. The lowest BCUT2D eigenvalue weighted by Gasteiger charge is -2.28. The van der Waals surface area contributed by atoms with Gasteiger partial charge in [0.05, 0.1) is 0 Å². The molecule has 8 heteroatoms. The number of amides is 1. The molecule has 35 heavy (non-hydrogen) atoms. The predicted octanol–water partition coefficient (Wildman–Crippen LogP) is 4.35. The highest BCUT2D eigenvalue weighted by atomic mass is 32.2. The average molecular weight is 493 g/mol. The van der Waals surface area contributed by atoms with Crippen molar-refractivity contribution in [1.29, 1.82) is 0 Å². The molecule has 1 saturated heterocycles. The molecular formula is C27H32N4O3S. The van der Waals surface area contributed by atoms with Crippen LogP contribution in [0.15, 0.2) is 73.1 Å². The van der Waals surface area contributed by atoms with Crippen LogP contribution in [0.2, 0.25) is 0 Å². The smallest absolute Gasteiger partial charge is 0.241 e. The Morgan fingerprint density at radius 1 is 0.971 bits per heavy atom. The van der Waals surface area contributed by atoms with Crippen molar-refractivity contribution < 1.29 is 13.2 Å². The van der Waals surface area contributed by atoms with Gasteiger partial charge in [-0.05, 0) is 73.2 Å². The Kier molecular flexibility index (Phi) is 8.02. The largest absolute Gasteiger partial charge is 0.372 e. The Bertz CT molecular complexity index is 1220. The molecule has 1 amide bonds. The van der Waals surface area contributed by atoms with E-state index in [1.165, 1.54) is 19.3 Å². The summed E-state index contributed by atoms with van der Waals surface area (Å²) in [6.07, 6.45) is 6.96. The Labute approximate surface area is 207 Å². The Morgan fingerprint density at radius 2 is 1.71 bits per heavy atom. The van der Waals surface area contributed by atoms with Gasteiger partial charge in [-0.15, -0.1) is 0 Å². The number of rotatable bonds is 9. The highest BCUT2D eigenvalue weighted by Crippen LogP contribution is 2.22. The number of benzene rings is 2.